The number of hydrogen-bond donors (Lipinski definition) is 2. The van der Waals surface area contributed by atoms with Crippen molar-refractivity contribution in [2.45, 2.75) is 76.3 Å². The highest BCUT2D eigenvalue weighted by atomic mass is 16.8. The highest BCUT2D eigenvalue weighted by molar-refractivity contribution is 6.02. The monoisotopic (exact) mass is 401 g/mol. The van der Waals surface area contributed by atoms with E-state index in [4.69, 9.17) is 14.2 Å². The highest BCUT2D eigenvalue weighted by Crippen LogP contribution is 2.79. The van der Waals surface area contributed by atoms with Gasteiger partial charge < -0.3 is 24.6 Å². The van der Waals surface area contributed by atoms with Gasteiger partial charge in [0.1, 0.15) is 11.5 Å². The van der Waals surface area contributed by atoms with Crippen LogP contribution in [0.3, 0.4) is 0 Å². The molecule has 0 aromatic carbocycles. The summed E-state index contributed by atoms with van der Waals surface area (Å²) in [5.41, 5.74) is -1.91. The molecule has 0 aromatic rings. The van der Waals surface area contributed by atoms with E-state index in [-0.39, 0.29) is 40.5 Å². The van der Waals surface area contributed by atoms with Crippen molar-refractivity contribution in [1.82, 2.24) is 5.32 Å². The Bertz CT molecular complexity index is 876. The molecule has 2 N–H and O–H groups in total. The van der Waals surface area contributed by atoms with Crippen LogP contribution in [0, 0.1) is 34.0 Å². The van der Waals surface area contributed by atoms with Crippen molar-refractivity contribution in [3.63, 3.8) is 0 Å². The Balaban J connectivity index is 1.55. The Morgan fingerprint density at radius 3 is 2.69 bits per heavy atom. The highest BCUT2D eigenvalue weighted by Gasteiger charge is 2.92. The van der Waals surface area contributed by atoms with Gasteiger partial charge in [0.05, 0.1) is 18.2 Å². The summed E-state index contributed by atoms with van der Waals surface area (Å²) in [7, 11) is 0. The van der Waals surface area contributed by atoms with Gasteiger partial charge in [0.15, 0.2) is 11.6 Å². The Kier molecular flexibility index (Phi) is 2.79. The van der Waals surface area contributed by atoms with Crippen LogP contribution in [0.15, 0.2) is 12.2 Å². The summed E-state index contributed by atoms with van der Waals surface area (Å²) in [6.07, 6.45) is 6.23. The lowest BCUT2D eigenvalue weighted by atomic mass is 9.37. The Morgan fingerprint density at radius 2 is 1.97 bits per heavy atom. The van der Waals surface area contributed by atoms with Crippen molar-refractivity contribution in [1.29, 1.82) is 0 Å². The van der Waals surface area contributed by atoms with Crippen molar-refractivity contribution < 1.29 is 24.1 Å². The largest absolute Gasteiger partial charge is 0.387 e. The zero-order chi connectivity index (χ0) is 20.2. The number of allylic oxidation sites excluding steroid dienone is 1. The summed E-state index contributed by atoms with van der Waals surface area (Å²) in [5.74, 6) is -1.89. The van der Waals surface area contributed by atoms with Crippen molar-refractivity contribution in [3.05, 3.63) is 12.2 Å². The summed E-state index contributed by atoms with van der Waals surface area (Å²) in [4.78, 5) is 14.3. The lowest BCUT2D eigenvalue weighted by molar-refractivity contribution is -0.524. The average Bonchev–Trinajstić information content (AvgIpc) is 3.41. The van der Waals surface area contributed by atoms with E-state index in [1.807, 2.05) is 13.8 Å². The van der Waals surface area contributed by atoms with Gasteiger partial charge in [0, 0.05) is 23.8 Å². The van der Waals surface area contributed by atoms with E-state index >= 15 is 0 Å². The number of carbonyl (C=O) groups excluding carboxylic acids is 1. The number of aliphatic hydroxyl groups is 1. The van der Waals surface area contributed by atoms with Crippen LogP contribution in [-0.4, -0.2) is 53.4 Å². The van der Waals surface area contributed by atoms with Crippen LogP contribution in [0.2, 0.25) is 0 Å². The normalized spacial score (nSPS) is 62.1. The second kappa shape index (κ2) is 4.53. The lowest BCUT2D eigenvalue weighted by Crippen LogP contribution is -2.86. The van der Waals surface area contributed by atoms with Crippen LogP contribution in [0.4, 0.5) is 0 Å². The average molecular weight is 402 g/mol. The number of hydrogen-bond acceptors (Lipinski definition) is 6. The predicted octanol–water partition coefficient (Wildman–Crippen LogP) is 1.76. The van der Waals surface area contributed by atoms with Crippen LogP contribution in [-0.2, 0) is 19.0 Å². The third-order valence-corrected chi connectivity index (χ3v) is 9.87. The van der Waals surface area contributed by atoms with E-state index in [2.05, 4.69) is 31.3 Å². The zero-order valence-corrected chi connectivity index (χ0v) is 17.7. The molecule has 6 heteroatoms. The first kappa shape index (κ1) is 17.8. The van der Waals surface area contributed by atoms with Gasteiger partial charge in [-0.3, -0.25) is 4.79 Å². The first-order valence-corrected chi connectivity index (χ1v) is 11.3. The fourth-order valence-electron chi connectivity index (χ4n) is 9.16. The Labute approximate surface area is 171 Å². The van der Waals surface area contributed by atoms with Gasteiger partial charge in [-0.1, -0.05) is 26.0 Å². The van der Waals surface area contributed by atoms with E-state index in [1.165, 1.54) is 0 Å². The summed E-state index contributed by atoms with van der Waals surface area (Å²) in [6, 6.07) is 0. The van der Waals surface area contributed by atoms with E-state index in [0.29, 0.717) is 13.2 Å². The van der Waals surface area contributed by atoms with E-state index in [1.54, 1.807) is 0 Å². The fraction of sp³-hybridized carbons (Fsp3) is 0.870. The molecule has 29 heavy (non-hydrogen) atoms. The van der Waals surface area contributed by atoms with Gasteiger partial charge in [-0.15, -0.1) is 0 Å². The van der Waals surface area contributed by atoms with Crippen molar-refractivity contribution in [2.24, 2.45) is 34.0 Å². The number of ketones is 1. The molecule has 4 heterocycles. The molecule has 9 atom stereocenters. The minimum Gasteiger partial charge on any atom is -0.387 e. The van der Waals surface area contributed by atoms with Crippen molar-refractivity contribution in [3.8, 4) is 0 Å². The molecule has 4 spiro atoms. The molecule has 0 aromatic heterocycles. The number of carbonyl (C=O) groups is 1. The maximum Gasteiger partial charge on any atom is 0.213 e. The lowest BCUT2D eigenvalue weighted by Gasteiger charge is -2.76. The first-order valence-electron chi connectivity index (χ1n) is 11.3. The van der Waals surface area contributed by atoms with E-state index in [9.17, 15) is 9.90 Å². The molecular weight excluding hydrogens is 370 g/mol. The third kappa shape index (κ3) is 1.53. The second-order valence-electron chi connectivity index (χ2n) is 11.9. The van der Waals surface area contributed by atoms with Crippen LogP contribution >= 0.6 is 0 Å². The van der Waals surface area contributed by atoms with Gasteiger partial charge in [-0.2, -0.15) is 0 Å². The Morgan fingerprint density at radius 1 is 1.21 bits per heavy atom. The number of Topliss-reactive ketones (excluding diaryl/α,β-unsaturated/α-hetero) is 1. The molecule has 3 unspecified atom stereocenters. The molecular formula is C23H31NO5. The van der Waals surface area contributed by atoms with Gasteiger partial charge in [0.25, 0.3) is 0 Å². The molecule has 4 bridgehead atoms. The molecule has 4 saturated heterocycles. The molecule has 6 nitrogen and oxygen atoms in total. The molecule has 8 rings (SSSR count). The minimum atomic E-state index is -1.33. The topological polar surface area (TPSA) is 86.9 Å². The summed E-state index contributed by atoms with van der Waals surface area (Å²) in [5, 5.41) is 15.4. The number of aliphatic hydroxyl groups excluding tert-OH is 1. The van der Waals surface area contributed by atoms with Crippen LogP contribution < -0.4 is 5.32 Å². The minimum absolute atomic E-state index is 0.00742. The maximum atomic E-state index is 14.3. The van der Waals surface area contributed by atoms with Gasteiger partial charge in [-0.25, -0.2) is 0 Å². The van der Waals surface area contributed by atoms with E-state index < -0.39 is 28.6 Å². The number of ether oxygens (including phenoxy) is 3. The molecule has 4 aliphatic carbocycles. The van der Waals surface area contributed by atoms with Crippen LogP contribution in [0.25, 0.3) is 0 Å². The van der Waals surface area contributed by atoms with Crippen molar-refractivity contribution in [2.75, 3.05) is 13.2 Å². The zero-order valence-electron chi connectivity index (χ0n) is 17.7. The molecule has 0 radical (unpaired) electrons. The standard InChI is InChI=1S/C23H31NO5/c1-18(2)8-5-9-20-11-27-23(15(25)14(18)20)22-13(20)7-6-12(21(10-24-21)17(22)26)16(22)28-19(3,4)29-23/h5,9,12-16,24-25H,6-8,10-11H2,1-4H3/t12-,13?,14?,15+,16-,20-,21?,22-,23-/m1/s1. The number of fused-ring (bicyclic) bond motifs is 2. The maximum absolute atomic E-state index is 14.3. The molecule has 7 fully saturated rings. The molecule has 8 aliphatic rings. The summed E-state index contributed by atoms with van der Waals surface area (Å²) >= 11 is 0. The van der Waals surface area contributed by atoms with Gasteiger partial charge in [-0.05, 0) is 44.4 Å². The molecule has 158 valence electrons. The SMILES string of the molecule is CC1(C)O[C@@H]2[C@H]3CCC4[C@]56C=CCC(C)(C)C5[C@H](O)[C@@](OC6)(O1)[C@]42C(=O)C31CN1. The molecule has 4 aliphatic heterocycles. The Hall–Kier alpha value is -0.790. The smallest absolute Gasteiger partial charge is 0.213 e. The summed E-state index contributed by atoms with van der Waals surface area (Å²) < 4.78 is 19.7. The van der Waals surface area contributed by atoms with Gasteiger partial charge in [0.2, 0.25) is 5.79 Å². The quantitative estimate of drug-likeness (QED) is 0.475. The second-order valence-corrected chi connectivity index (χ2v) is 11.9. The van der Waals surface area contributed by atoms with Crippen LogP contribution in [0.1, 0.15) is 47.0 Å². The first-order chi connectivity index (χ1) is 13.6. The number of rotatable bonds is 0. The fourth-order valence-corrected chi connectivity index (χ4v) is 9.16. The van der Waals surface area contributed by atoms with Crippen molar-refractivity contribution >= 4 is 5.78 Å². The number of nitrogens with one attached hydrogen (secondary N) is 1. The van der Waals surface area contributed by atoms with E-state index in [0.717, 1.165) is 19.3 Å². The third-order valence-electron chi connectivity index (χ3n) is 9.87. The van der Waals surface area contributed by atoms with Crippen LogP contribution in [0.5, 0.6) is 0 Å². The predicted molar refractivity (Wildman–Crippen MR) is 103 cm³/mol. The molecule has 0 amide bonds. The van der Waals surface area contributed by atoms with Gasteiger partial charge >= 0.3 is 0 Å². The molecule has 3 saturated carbocycles. The summed E-state index contributed by atoms with van der Waals surface area (Å²) in [6.45, 7) is 9.48.